The summed E-state index contributed by atoms with van der Waals surface area (Å²) in [5.74, 6) is 0. The molecule has 2 N–H and O–H groups in total. The molecule has 2 aromatic heterocycles. The van der Waals surface area contributed by atoms with E-state index >= 15 is 0 Å². The molecule has 168 valence electrons. The van der Waals surface area contributed by atoms with Crippen LogP contribution >= 0.6 is 11.8 Å². The summed E-state index contributed by atoms with van der Waals surface area (Å²) in [5, 5.41) is 18.0. The van der Waals surface area contributed by atoms with Crippen molar-refractivity contribution in [2.24, 2.45) is 0 Å². The fourth-order valence-corrected chi connectivity index (χ4v) is 5.29. The van der Waals surface area contributed by atoms with Crippen molar-refractivity contribution in [2.75, 3.05) is 6.26 Å². The van der Waals surface area contributed by atoms with Crippen LogP contribution in [0.25, 0.3) is 28.2 Å². The molecular weight excluding hydrogens is 432 g/mol. The van der Waals surface area contributed by atoms with E-state index in [1.165, 1.54) is 0 Å². The highest BCUT2D eigenvalue weighted by Crippen LogP contribution is 2.42. The Bertz CT molecular complexity index is 1340. The molecule has 1 fully saturated rings. The summed E-state index contributed by atoms with van der Waals surface area (Å²) in [6.45, 7) is 4.19. The van der Waals surface area contributed by atoms with Crippen LogP contribution in [0.15, 0.2) is 59.6 Å². The van der Waals surface area contributed by atoms with E-state index in [-0.39, 0.29) is 0 Å². The first kappa shape index (κ1) is 21.5. The average molecular weight is 459 g/mol. The Labute approximate surface area is 197 Å². The Morgan fingerprint density at radius 2 is 1.73 bits per heavy atom. The molecule has 2 heterocycles. The first-order valence-corrected chi connectivity index (χ1v) is 12.3. The number of thioether (sulfide) groups is 1. The summed E-state index contributed by atoms with van der Waals surface area (Å²) in [7, 11) is 0. The Morgan fingerprint density at radius 3 is 2.30 bits per heavy atom. The molecule has 1 saturated carbocycles. The predicted octanol–water partition coefficient (Wildman–Crippen LogP) is 6.05. The number of rotatable bonds is 5. The second-order valence-electron chi connectivity index (χ2n) is 8.61. The summed E-state index contributed by atoms with van der Waals surface area (Å²) in [4.78, 5) is 16.4. The minimum atomic E-state index is -0.980. The molecule has 0 radical (unpaired) electrons. The third kappa shape index (κ3) is 3.56. The number of nitrogens with one attached hydrogen (secondary N) is 1. The Kier molecular flexibility index (Phi) is 5.37. The second-order valence-corrected chi connectivity index (χ2v) is 9.41. The van der Waals surface area contributed by atoms with E-state index in [9.17, 15) is 9.90 Å². The summed E-state index contributed by atoms with van der Waals surface area (Å²) in [6, 6.07) is 18.4. The average Bonchev–Trinajstić information content (AvgIpc) is 3.19. The van der Waals surface area contributed by atoms with E-state index in [0.717, 1.165) is 69.1 Å². The van der Waals surface area contributed by atoms with E-state index in [2.05, 4.69) is 31.3 Å². The van der Waals surface area contributed by atoms with Gasteiger partial charge in [-0.1, -0.05) is 54.6 Å². The Hall–Kier alpha value is -3.32. The number of carboxylic acid groups (broad SMARTS) is 1. The van der Waals surface area contributed by atoms with Crippen LogP contribution in [0.5, 0.6) is 0 Å². The molecule has 0 aliphatic heterocycles. The highest BCUT2D eigenvalue weighted by Gasteiger charge is 2.40. The molecule has 0 saturated heterocycles. The monoisotopic (exact) mass is 458 g/mol. The minimum absolute atomic E-state index is 0.478. The molecule has 6 nitrogen and oxygen atoms in total. The van der Waals surface area contributed by atoms with Crippen LogP contribution in [0, 0.1) is 13.8 Å². The van der Waals surface area contributed by atoms with Gasteiger partial charge in [-0.3, -0.25) is 0 Å². The number of aromatic nitrogens is 3. The molecule has 1 aliphatic rings. The Balaban J connectivity index is 1.68. The lowest BCUT2D eigenvalue weighted by atomic mass is 9.72. The Morgan fingerprint density at radius 1 is 1.03 bits per heavy atom. The first-order chi connectivity index (χ1) is 15.9. The number of benzene rings is 2. The van der Waals surface area contributed by atoms with Crippen LogP contribution in [-0.4, -0.2) is 32.1 Å². The number of hydrogen-bond donors (Lipinski definition) is 2. The molecule has 0 bridgehead atoms. The summed E-state index contributed by atoms with van der Waals surface area (Å²) < 4.78 is 1.96. The van der Waals surface area contributed by atoms with Gasteiger partial charge in [-0.05, 0) is 56.1 Å². The molecule has 0 atom stereocenters. The molecule has 2 aromatic carbocycles. The highest BCUT2D eigenvalue weighted by molar-refractivity contribution is 7.98. The SMILES string of the molecule is CSc1nn2c(-c3ccccc3)c(-c3ccc(C4(NC(=O)O)CCC4)cc3)nc2c(C)c1C. The largest absolute Gasteiger partial charge is 0.465 e. The maximum atomic E-state index is 11.3. The molecule has 7 heteroatoms. The van der Waals surface area contributed by atoms with Gasteiger partial charge in [0, 0.05) is 11.1 Å². The molecule has 1 aliphatic carbocycles. The van der Waals surface area contributed by atoms with Gasteiger partial charge in [-0.15, -0.1) is 11.8 Å². The van der Waals surface area contributed by atoms with Crippen LogP contribution in [0.4, 0.5) is 4.79 Å². The van der Waals surface area contributed by atoms with Gasteiger partial charge < -0.3 is 10.4 Å². The zero-order valence-corrected chi connectivity index (χ0v) is 19.7. The summed E-state index contributed by atoms with van der Waals surface area (Å²) >= 11 is 1.64. The van der Waals surface area contributed by atoms with Gasteiger partial charge in [0.15, 0.2) is 5.65 Å². The van der Waals surface area contributed by atoms with Crippen LogP contribution in [-0.2, 0) is 5.54 Å². The van der Waals surface area contributed by atoms with Crippen molar-refractivity contribution < 1.29 is 9.90 Å². The van der Waals surface area contributed by atoms with Crippen molar-refractivity contribution >= 4 is 23.5 Å². The molecule has 5 rings (SSSR count). The van der Waals surface area contributed by atoms with Crippen LogP contribution in [0.2, 0.25) is 0 Å². The summed E-state index contributed by atoms with van der Waals surface area (Å²) in [5.41, 5.74) is 7.50. The van der Waals surface area contributed by atoms with E-state index < -0.39 is 11.6 Å². The zero-order valence-electron chi connectivity index (χ0n) is 18.9. The minimum Gasteiger partial charge on any atom is -0.465 e. The number of aryl methyl sites for hydroxylation is 1. The molecule has 4 aromatic rings. The number of carbonyl (C=O) groups is 1. The third-order valence-electron chi connectivity index (χ3n) is 6.77. The lowest BCUT2D eigenvalue weighted by molar-refractivity contribution is 0.144. The molecule has 33 heavy (non-hydrogen) atoms. The van der Waals surface area contributed by atoms with Gasteiger partial charge in [0.2, 0.25) is 0 Å². The number of hydrogen-bond acceptors (Lipinski definition) is 4. The summed E-state index contributed by atoms with van der Waals surface area (Å²) in [6.07, 6.45) is 3.73. The standard InChI is InChI=1S/C26H26N4O2S/c1-16-17(2)24(33-3)29-30-22(19-8-5-4-6-9-19)21(27-23(16)30)18-10-12-20(13-11-18)26(14-7-15-26)28-25(31)32/h4-6,8-13,28H,7,14-15H2,1-3H3,(H,31,32). The van der Waals surface area contributed by atoms with Gasteiger partial charge in [0.25, 0.3) is 0 Å². The fraction of sp³-hybridized carbons (Fsp3) is 0.269. The van der Waals surface area contributed by atoms with Crippen molar-refractivity contribution in [3.8, 4) is 22.5 Å². The first-order valence-electron chi connectivity index (χ1n) is 11.0. The van der Waals surface area contributed by atoms with E-state index in [4.69, 9.17) is 10.1 Å². The maximum Gasteiger partial charge on any atom is 0.405 e. The van der Waals surface area contributed by atoms with E-state index in [1.54, 1.807) is 11.8 Å². The normalized spacial score (nSPS) is 14.8. The van der Waals surface area contributed by atoms with Crippen LogP contribution in [0.3, 0.4) is 0 Å². The van der Waals surface area contributed by atoms with Crippen LogP contribution < -0.4 is 5.32 Å². The van der Waals surface area contributed by atoms with Crippen molar-refractivity contribution in [1.82, 2.24) is 19.9 Å². The van der Waals surface area contributed by atoms with Crippen molar-refractivity contribution in [3.05, 3.63) is 71.3 Å². The van der Waals surface area contributed by atoms with Gasteiger partial charge in [-0.2, -0.15) is 5.10 Å². The third-order valence-corrected chi connectivity index (χ3v) is 7.54. The lowest BCUT2D eigenvalue weighted by Crippen LogP contribution is -2.50. The fourth-order valence-electron chi connectivity index (χ4n) is 4.66. The van der Waals surface area contributed by atoms with Gasteiger partial charge in [0.1, 0.15) is 10.7 Å². The smallest absolute Gasteiger partial charge is 0.405 e. The second kappa shape index (κ2) is 8.23. The predicted molar refractivity (Wildman–Crippen MR) is 132 cm³/mol. The van der Waals surface area contributed by atoms with Crippen LogP contribution in [0.1, 0.15) is 36.0 Å². The topological polar surface area (TPSA) is 79.5 Å². The van der Waals surface area contributed by atoms with Crippen molar-refractivity contribution in [2.45, 2.75) is 43.7 Å². The number of amides is 1. The molecule has 0 unspecified atom stereocenters. The zero-order chi connectivity index (χ0) is 23.2. The molecular formula is C26H26N4O2S. The molecule has 0 spiro atoms. The number of imidazole rings is 1. The van der Waals surface area contributed by atoms with Gasteiger partial charge in [-0.25, -0.2) is 14.3 Å². The molecule has 1 amide bonds. The van der Waals surface area contributed by atoms with Crippen molar-refractivity contribution in [1.29, 1.82) is 0 Å². The van der Waals surface area contributed by atoms with Gasteiger partial charge >= 0.3 is 6.09 Å². The lowest BCUT2D eigenvalue weighted by Gasteiger charge is -2.42. The quantitative estimate of drug-likeness (QED) is 0.356. The van der Waals surface area contributed by atoms with Crippen molar-refractivity contribution in [3.63, 3.8) is 0 Å². The number of nitrogens with zero attached hydrogens (tertiary/aromatic N) is 3. The highest BCUT2D eigenvalue weighted by atomic mass is 32.2. The maximum absolute atomic E-state index is 11.3. The number of fused-ring (bicyclic) bond motifs is 1. The van der Waals surface area contributed by atoms with E-state index in [0.29, 0.717) is 0 Å². The van der Waals surface area contributed by atoms with E-state index in [1.807, 2.05) is 53.2 Å². The van der Waals surface area contributed by atoms with Gasteiger partial charge in [0.05, 0.1) is 11.2 Å².